The second-order valence-electron chi connectivity index (χ2n) is 3.92. The maximum atomic E-state index is 5.73. The molecule has 2 aliphatic heterocycles. The highest BCUT2D eigenvalue weighted by atomic mass is 35.5. The first-order chi connectivity index (χ1) is 7.76. The summed E-state index contributed by atoms with van der Waals surface area (Å²) in [6.45, 7) is 0. The van der Waals surface area contributed by atoms with E-state index in [1.54, 1.807) is 7.11 Å². The Hall–Kier alpha value is -1.62. The molecule has 17 heavy (non-hydrogen) atoms. The molecule has 0 fully saturated rings. The number of nitrogens with two attached hydrogens (primary N) is 1. The van der Waals surface area contributed by atoms with Crippen LogP contribution in [-0.2, 0) is 0 Å². The van der Waals surface area contributed by atoms with E-state index in [0.29, 0.717) is 5.96 Å². The standard InChI is InChI=1S/C11H13N3O2.ClH/c1-15-6-2-3-7-8-5-10(14-11(12)13-8)16-9(7)4-6;/h2-4,8,10H,5H2,1H3,(H3,12,13,14);1H. The summed E-state index contributed by atoms with van der Waals surface area (Å²) in [6, 6.07) is 6.00. The van der Waals surface area contributed by atoms with E-state index >= 15 is 0 Å². The number of hydrogen-bond donors (Lipinski definition) is 2. The Morgan fingerprint density at radius 3 is 3.12 bits per heavy atom. The maximum absolute atomic E-state index is 5.73. The highest BCUT2D eigenvalue weighted by Crippen LogP contribution is 2.38. The van der Waals surface area contributed by atoms with Crippen molar-refractivity contribution in [1.82, 2.24) is 5.32 Å². The van der Waals surface area contributed by atoms with E-state index in [1.807, 2.05) is 18.2 Å². The lowest BCUT2D eigenvalue weighted by atomic mass is 9.98. The number of benzene rings is 1. The van der Waals surface area contributed by atoms with Crippen LogP contribution in [0.25, 0.3) is 0 Å². The van der Waals surface area contributed by atoms with E-state index in [9.17, 15) is 0 Å². The van der Waals surface area contributed by atoms with Gasteiger partial charge in [0, 0.05) is 18.1 Å². The fourth-order valence-electron chi connectivity index (χ4n) is 2.14. The van der Waals surface area contributed by atoms with E-state index in [0.717, 1.165) is 23.5 Å². The summed E-state index contributed by atoms with van der Waals surface area (Å²) in [5, 5.41) is 3.15. The average molecular weight is 256 g/mol. The van der Waals surface area contributed by atoms with Crippen molar-refractivity contribution in [1.29, 1.82) is 0 Å². The minimum absolute atomic E-state index is 0. The van der Waals surface area contributed by atoms with Gasteiger partial charge in [-0.15, -0.1) is 12.4 Å². The maximum Gasteiger partial charge on any atom is 0.195 e. The van der Waals surface area contributed by atoms with Crippen molar-refractivity contribution in [3.8, 4) is 11.5 Å². The Morgan fingerprint density at radius 2 is 2.35 bits per heavy atom. The Labute approximate surface area is 105 Å². The zero-order chi connectivity index (χ0) is 11.1. The lowest BCUT2D eigenvalue weighted by Gasteiger charge is -2.34. The van der Waals surface area contributed by atoms with Crippen molar-refractivity contribution in [3.05, 3.63) is 23.8 Å². The number of guanidine groups is 1. The van der Waals surface area contributed by atoms with E-state index in [2.05, 4.69) is 10.3 Å². The van der Waals surface area contributed by atoms with Crippen molar-refractivity contribution in [3.63, 3.8) is 0 Å². The number of nitrogens with zero attached hydrogens (tertiary/aromatic N) is 1. The molecule has 0 amide bonds. The van der Waals surface area contributed by atoms with E-state index in [1.165, 1.54) is 0 Å². The molecule has 0 spiro atoms. The van der Waals surface area contributed by atoms with Gasteiger partial charge in [-0.3, -0.25) is 0 Å². The van der Waals surface area contributed by atoms with Gasteiger partial charge < -0.3 is 20.5 Å². The van der Waals surface area contributed by atoms with Crippen LogP contribution >= 0.6 is 12.4 Å². The van der Waals surface area contributed by atoms with Gasteiger partial charge in [0.2, 0.25) is 0 Å². The molecule has 1 aromatic rings. The third kappa shape index (κ3) is 1.98. The predicted molar refractivity (Wildman–Crippen MR) is 66.8 cm³/mol. The van der Waals surface area contributed by atoms with Crippen LogP contribution < -0.4 is 20.5 Å². The molecule has 2 aliphatic rings. The van der Waals surface area contributed by atoms with E-state index in [4.69, 9.17) is 15.2 Å². The van der Waals surface area contributed by atoms with Gasteiger partial charge in [0.1, 0.15) is 11.5 Å². The van der Waals surface area contributed by atoms with Crippen LogP contribution in [0.3, 0.4) is 0 Å². The number of rotatable bonds is 1. The first-order valence-electron chi connectivity index (χ1n) is 5.20. The highest BCUT2D eigenvalue weighted by molar-refractivity contribution is 5.85. The SMILES string of the molecule is COc1ccc2c(c1)OC1CC2NC(N)=N1.Cl. The molecule has 3 rings (SSSR count). The molecule has 0 aliphatic carbocycles. The summed E-state index contributed by atoms with van der Waals surface area (Å²) in [6.07, 6.45) is 0.644. The number of halogens is 1. The van der Waals surface area contributed by atoms with Gasteiger partial charge in [-0.05, 0) is 12.1 Å². The smallest absolute Gasteiger partial charge is 0.195 e. The largest absolute Gasteiger partial charge is 0.497 e. The topological polar surface area (TPSA) is 68.9 Å². The van der Waals surface area contributed by atoms with Gasteiger partial charge >= 0.3 is 0 Å². The van der Waals surface area contributed by atoms with Crippen molar-refractivity contribution in [2.75, 3.05) is 7.11 Å². The van der Waals surface area contributed by atoms with Crippen LogP contribution in [0.1, 0.15) is 18.0 Å². The fraction of sp³-hybridized carbons (Fsp3) is 0.364. The van der Waals surface area contributed by atoms with Crippen LogP contribution in [-0.4, -0.2) is 19.3 Å². The quantitative estimate of drug-likeness (QED) is 0.791. The number of methoxy groups -OCH3 is 1. The predicted octanol–water partition coefficient (Wildman–Crippen LogP) is 1.18. The zero-order valence-electron chi connectivity index (χ0n) is 9.34. The van der Waals surface area contributed by atoms with Gasteiger partial charge in [-0.1, -0.05) is 0 Å². The second kappa shape index (κ2) is 4.33. The lowest BCUT2D eigenvalue weighted by molar-refractivity contribution is 0.153. The summed E-state index contributed by atoms with van der Waals surface area (Å²) in [5.41, 5.74) is 6.78. The molecule has 3 N–H and O–H groups in total. The second-order valence-corrected chi connectivity index (χ2v) is 3.92. The molecule has 1 aromatic carbocycles. The Bertz CT molecular complexity index is 464. The summed E-state index contributed by atoms with van der Waals surface area (Å²) in [5.74, 6) is 2.06. The highest BCUT2D eigenvalue weighted by Gasteiger charge is 2.32. The molecule has 6 heteroatoms. The first kappa shape index (κ1) is 11.9. The minimum Gasteiger partial charge on any atom is -0.497 e. The molecule has 2 bridgehead atoms. The Morgan fingerprint density at radius 1 is 1.53 bits per heavy atom. The fourth-order valence-corrected chi connectivity index (χ4v) is 2.14. The molecule has 2 heterocycles. The molecular weight excluding hydrogens is 242 g/mol. The van der Waals surface area contributed by atoms with Gasteiger partial charge in [-0.2, -0.15) is 0 Å². The summed E-state index contributed by atoms with van der Waals surface area (Å²) >= 11 is 0. The summed E-state index contributed by atoms with van der Waals surface area (Å²) < 4.78 is 10.9. The Balaban J connectivity index is 0.00000108. The zero-order valence-corrected chi connectivity index (χ0v) is 10.2. The summed E-state index contributed by atoms with van der Waals surface area (Å²) in [7, 11) is 1.64. The van der Waals surface area contributed by atoms with E-state index < -0.39 is 0 Å². The number of nitrogens with one attached hydrogen (secondary N) is 1. The molecule has 2 unspecified atom stereocenters. The van der Waals surface area contributed by atoms with Crippen molar-refractivity contribution >= 4 is 18.4 Å². The van der Waals surface area contributed by atoms with Crippen molar-refractivity contribution in [2.45, 2.75) is 18.7 Å². The lowest BCUT2D eigenvalue weighted by Crippen LogP contribution is -2.45. The number of aliphatic imine (C=N–C) groups is 1. The molecule has 0 radical (unpaired) electrons. The van der Waals surface area contributed by atoms with Crippen molar-refractivity contribution in [2.24, 2.45) is 10.7 Å². The molecule has 2 atom stereocenters. The van der Waals surface area contributed by atoms with Crippen LogP contribution in [0.15, 0.2) is 23.2 Å². The molecule has 0 aromatic heterocycles. The average Bonchev–Trinajstić information content (AvgIpc) is 2.27. The normalized spacial score (nSPS) is 24.4. The number of ether oxygens (including phenoxy) is 2. The Kier molecular flexibility index (Phi) is 3.02. The minimum atomic E-state index is -0.175. The third-order valence-electron chi connectivity index (χ3n) is 2.90. The van der Waals surface area contributed by atoms with Crippen LogP contribution in [0.4, 0.5) is 0 Å². The molecule has 0 saturated carbocycles. The molecule has 5 nitrogen and oxygen atoms in total. The van der Waals surface area contributed by atoms with Gasteiger partial charge in [0.05, 0.1) is 13.2 Å². The van der Waals surface area contributed by atoms with Crippen LogP contribution in [0.5, 0.6) is 11.5 Å². The molecule has 92 valence electrons. The van der Waals surface area contributed by atoms with Crippen LogP contribution in [0.2, 0.25) is 0 Å². The number of hydrogen-bond acceptors (Lipinski definition) is 5. The van der Waals surface area contributed by atoms with Crippen LogP contribution in [0, 0.1) is 0 Å². The molecule has 0 saturated heterocycles. The first-order valence-corrected chi connectivity index (χ1v) is 5.20. The summed E-state index contributed by atoms with van der Waals surface area (Å²) in [4.78, 5) is 4.18. The van der Waals surface area contributed by atoms with E-state index in [-0.39, 0.29) is 24.7 Å². The van der Waals surface area contributed by atoms with Gasteiger partial charge in [-0.25, -0.2) is 4.99 Å². The molecular formula is C11H14ClN3O2. The van der Waals surface area contributed by atoms with Gasteiger partial charge in [0.15, 0.2) is 12.2 Å². The van der Waals surface area contributed by atoms with Crippen molar-refractivity contribution < 1.29 is 9.47 Å². The monoisotopic (exact) mass is 255 g/mol. The van der Waals surface area contributed by atoms with Gasteiger partial charge in [0.25, 0.3) is 0 Å². The number of fused-ring (bicyclic) bond motifs is 4. The third-order valence-corrected chi connectivity index (χ3v) is 2.90.